The van der Waals surface area contributed by atoms with E-state index in [-0.39, 0.29) is 18.3 Å². The van der Waals surface area contributed by atoms with Crippen LogP contribution < -0.4 is 4.90 Å². The number of fused-ring (bicyclic) bond motifs is 1. The van der Waals surface area contributed by atoms with Crippen molar-refractivity contribution in [2.24, 2.45) is 0 Å². The van der Waals surface area contributed by atoms with E-state index in [9.17, 15) is 4.79 Å². The van der Waals surface area contributed by atoms with Crippen LogP contribution in [0.15, 0.2) is 22.7 Å². The number of benzene rings is 1. The van der Waals surface area contributed by atoms with Crippen LogP contribution in [0.5, 0.6) is 0 Å². The van der Waals surface area contributed by atoms with Crippen LogP contribution in [0.3, 0.4) is 0 Å². The second-order valence-corrected chi connectivity index (χ2v) is 8.23. The summed E-state index contributed by atoms with van der Waals surface area (Å²) in [6.45, 7) is 3.11. The number of anilines is 1. The van der Waals surface area contributed by atoms with Gasteiger partial charge in [-0.3, -0.25) is 9.69 Å². The Kier molecular flexibility index (Phi) is 6.86. The Morgan fingerprint density at radius 2 is 2.04 bits per heavy atom. The van der Waals surface area contributed by atoms with Gasteiger partial charge >= 0.3 is 0 Å². The summed E-state index contributed by atoms with van der Waals surface area (Å²) < 4.78 is 5.92. The molecule has 0 aliphatic rings. The molecule has 25 heavy (non-hydrogen) atoms. The average molecular weight is 463 g/mol. The van der Waals surface area contributed by atoms with Crippen LogP contribution >= 0.6 is 51.2 Å². The molecule has 3 rings (SSSR count). The first-order valence-electron chi connectivity index (χ1n) is 7.27. The van der Waals surface area contributed by atoms with Crippen LogP contribution in [0.25, 0.3) is 10.2 Å². The third kappa shape index (κ3) is 4.53. The summed E-state index contributed by atoms with van der Waals surface area (Å²) in [5.41, 5.74) is 1.55. The van der Waals surface area contributed by atoms with E-state index in [4.69, 9.17) is 0 Å². The molecule has 0 aliphatic carbocycles. The largest absolute Gasteiger partial charge is 0.308 e. The number of carbonyl (C=O) groups excluding carboxylic acids is 1. The highest BCUT2D eigenvalue weighted by atomic mass is 79.9. The molecule has 1 aromatic carbocycles. The van der Waals surface area contributed by atoms with E-state index in [1.165, 1.54) is 11.3 Å². The maximum atomic E-state index is 13.0. The molecule has 0 fully saturated rings. The molecule has 6 nitrogen and oxygen atoms in total. The van der Waals surface area contributed by atoms with Gasteiger partial charge in [0.05, 0.1) is 15.9 Å². The average Bonchev–Trinajstić information content (AvgIpc) is 3.12. The van der Waals surface area contributed by atoms with Gasteiger partial charge in [-0.25, -0.2) is 4.98 Å². The molecule has 0 bridgehead atoms. The van der Waals surface area contributed by atoms with Crippen molar-refractivity contribution in [2.45, 2.75) is 6.92 Å². The third-order valence-corrected chi connectivity index (χ3v) is 5.78. The SMILES string of the molecule is Cc1nnsc1C(=O)N(CCN(C)C)c1nc2ccc(Br)cc2s1.Cl. The minimum absolute atomic E-state index is 0. The van der Waals surface area contributed by atoms with E-state index < -0.39 is 0 Å². The summed E-state index contributed by atoms with van der Waals surface area (Å²) in [5, 5.41) is 4.65. The summed E-state index contributed by atoms with van der Waals surface area (Å²) in [6.07, 6.45) is 0. The lowest BCUT2D eigenvalue weighted by molar-refractivity contribution is 0.0988. The lowest BCUT2D eigenvalue weighted by Crippen LogP contribution is -2.36. The highest BCUT2D eigenvalue weighted by molar-refractivity contribution is 9.10. The molecule has 134 valence electrons. The first-order valence-corrected chi connectivity index (χ1v) is 9.65. The van der Waals surface area contributed by atoms with E-state index in [1.54, 1.807) is 11.8 Å². The molecule has 3 aromatic rings. The van der Waals surface area contributed by atoms with Gasteiger partial charge in [-0.2, -0.15) is 0 Å². The number of halogens is 2. The maximum Gasteiger partial charge on any atom is 0.273 e. The highest BCUT2D eigenvalue weighted by Gasteiger charge is 2.24. The Hall–Kier alpha value is -1.13. The number of thiazole rings is 1. The molecule has 0 spiro atoms. The number of carbonyl (C=O) groups is 1. The number of hydrogen-bond donors (Lipinski definition) is 0. The van der Waals surface area contributed by atoms with Gasteiger partial charge in [-0.05, 0) is 50.8 Å². The minimum atomic E-state index is -0.0949. The quantitative estimate of drug-likeness (QED) is 0.576. The molecule has 10 heteroatoms. The number of aryl methyl sites for hydroxylation is 1. The Labute approximate surface area is 168 Å². The van der Waals surface area contributed by atoms with Gasteiger partial charge in [-0.15, -0.1) is 17.5 Å². The zero-order valence-corrected chi connectivity index (χ0v) is 17.9. The Balaban J connectivity index is 0.00000225. The van der Waals surface area contributed by atoms with E-state index in [0.29, 0.717) is 22.2 Å². The molecule has 0 atom stereocenters. The summed E-state index contributed by atoms with van der Waals surface area (Å²) in [4.78, 5) is 22.0. The number of likely N-dealkylation sites (N-methyl/N-ethyl adjacent to an activating group) is 1. The fraction of sp³-hybridized carbons (Fsp3) is 0.333. The number of aromatic nitrogens is 3. The van der Waals surface area contributed by atoms with Gasteiger partial charge < -0.3 is 4.90 Å². The minimum Gasteiger partial charge on any atom is -0.308 e. The fourth-order valence-electron chi connectivity index (χ4n) is 2.14. The lowest BCUT2D eigenvalue weighted by Gasteiger charge is -2.21. The topological polar surface area (TPSA) is 62.2 Å². The van der Waals surface area contributed by atoms with Crippen LogP contribution in [-0.2, 0) is 0 Å². The van der Waals surface area contributed by atoms with Gasteiger partial charge in [0.15, 0.2) is 5.13 Å². The van der Waals surface area contributed by atoms with Crippen molar-refractivity contribution in [3.05, 3.63) is 33.2 Å². The highest BCUT2D eigenvalue weighted by Crippen LogP contribution is 2.32. The van der Waals surface area contributed by atoms with E-state index in [1.807, 2.05) is 37.2 Å². The fourth-order valence-corrected chi connectivity index (χ4v) is 4.28. The van der Waals surface area contributed by atoms with Crippen molar-refractivity contribution < 1.29 is 4.79 Å². The van der Waals surface area contributed by atoms with Crippen molar-refractivity contribution in [2.75, 3.05) is 32.1 Å². The molecular weight excluding hydrogens is 446 g/mol. The Morgan fingerprint density at radius 3 is 2.68 bits per heavy atom. The van der Waals surface area contributed by atoms with Gasteiger partial charge in [0.1, 0.15) is 4.88 Å². The molecule has 0 unspecified atom stereocenters. The second kappa shape index (κ2) is 8.50. The van der Waals surface area contributed by atoms with Crippen LogP contribution in [0, 0.1) is 6.92 Å². The lowest BCUT2D eigenvalue weighted by atomic mass is 10.3. The van der Waals surface area contributed by atoms with Gasteiger partial charge in [0, 0.05) is 17.6 Å². The van der Waals surface area contributed by atoms with Crippen LogP contribution in [-0.4, -0.2) is 52.6 Å². The molecule has 0 aliphatic heterocycles. The van der Waals surface area contributed by atoms with Crippen molar-refractivity contribution in [3.8, 4) is 0 Å². The summed E-state index contributed by atoms with van der Waals surface area (Å²) >= 11 is 6.11. The summed E-state index contributed by atoms with van der Waals surface area (Å²) in [7, 11) is 3.97. The molecule has 2 aromatic heterocycles. The molecule has 0 radical (unpaired) electrons. The number of amides is 1. The van der Waals surface area contributed by atoms with Gasteiger partial charge in [0.2, 0.25) is 0 Å². The van der Waals surface area contributed by atoms with Crippen molar-refractivity contribution in [1.29, 1.82) is 0 Å². The monoisotopic (exact) mass is 461 g/mol. The first kappa shape index (κ1) is 20.2. The maximum absolute atomic E-state index is 13.0. The Bertz CT molecular complexity index is 882. The molecule has 0 N–H and O–H groups in total. The first-order chi connectivity index (χ1) is 11.5. The van der Waals surface area contributed by atoms with Gasteiger partial charge in [-0.1, -0.05) is 31.8 Å². The van der Waals surface area contributed by atoms with Crippen LogP contribution in [0.2, 0.25) is 0 Å². The van der Waals surface area contributed by atoms with Crippen molar-refractivity contribution in [1.82, 2.24) is 19.5 Å². The van der Waals surface area contributed by atoms with E-state index in [0.717, 1.165) is 32.8 Å². The number of nitrogens with zero attached hydrogens (tertiary/aromatic N) is 5. The zero-order chi connectivity index (χ0) is 17.3. The molecule has 1 amide bonds. The standard InChI is InChI=1S/C15H16BrN5OS2.ClH/c1-9-13(24-19-18-9)14(22)21(7-6-20(2)3)15-17-11-5-4-10(16)8-12(11)23-15;/h4-5,8H,6-7H2,1-3H3;1H. The Morgan fingerprint density at radius 1 is 1.28 bits per heavy atom. The predicted molar refractivity (Wildman–Crippen MR) is 109 cm³/mol. The van der Waals surface area contributed by atoms with Crippen LogP contribution in [0.1, 0.15) is 15.4 Å². The number of rotatable bonds is 5. The smallest absolute Gasteiger partial charge is 0.273 e. The van der Waals surface area contributed by atoms with E-state index in [2.05, 4.69) is 30.5 Å². The number of hydrogen-bond acceptors (Lipinski definition) is 7. The molecule has 2 heterocycles. The normalized spacial score (nSPS) is 10.9. The summed E-state index contributed by atoms with van der Waals surface area (Å²) in [5.74, 6) is -0.0949. The van der Waals surface area contributed by atoms with Crippen LogP contribution in [0.4, 0.5) is 5.13 Å². The molecular formula is C15H17BrClN5OS2. The summed E-state index contributed by atoms with van der Waals surface area (Å²) in [6, 6.07) is 5.92. The zero-order valence-electron chi connectivity index (χ0n) is 13.9. The third-order valence-electron chi connectivity index (χ3n) is 3.43. The van der Waals surface area contributed by atoms with Crippen molar-refractivity contribution >= 4 is 72.5 Å². The van der Waals surface area contributed by atoms with E-state index >= 15 is 0 Å². The molecule has 0 saturated carbocycles. The second-order valence-electron chi connectivity index (χ2n) is 5.56. The molecule has 0 saturated heterocycles. The van der Waals surface area contributed by atoms with Crippen molar-refractivity contribution in [3.63, 3.8) is 0 Å². The van der Waals surface area contributed by atoms with Gasteiger partial charge in [0.25, 0.3) is 5.91 Å². The predicted octanol–water partition coefficient (Wildman–Crippen LogP) is 3.85.